The van der Waals surface area contributed by atoms with E-state index >= 15 is 0 Å². The van der Waals surface area contributed by atoms with Gasteiger partial charge in [0.2, 0.25) is 0 Å². The molecule has 0 saturated heterocycles. The maximum Gasteiger partial charge on any atom is 0.110 e. The van der Waals surface area contributed by atoms with Crippen LogP contribution in [0.3, 0.4) is 0 Å². The summed E-state index contributed by atoms with van der Waals surface area (Å²) in [7, 11) is 0. The van der Waals surface area contributed by atoms with Crippen LogP contribution in [-0.2, 0) is 19.3 Å². The number of fused-ring (bicyclic) bond motifs is 1. The molecule has 0 fully saturated rings. The number of thiazole rings is 1. The summed E-state index contributed by atoms with van der Waals surface area (Å²) in [5.41, 5.74) is 8.92. The topological polar surface area (TPSA) is 38.9 Å². The lowest BCUT2D eigenvalue weighted by Crippen LogP contribution is -2.13. The zero-order valence-electron chi connectivity index (χ0n) is 11.3. The minimum absolute atomic E-state index is 0.0355. The molecular formula is C16H20N2S. The lowest BCUT2D eigenvalue weighted by molar-refractivity contribution is 0.501. The van der Waals surface area contributed by atoms with Gasteiger partial charge in [0.1, 0.15) is 5.01 Å². The van der Waals surface area contributed by atoms with Crippen LogP contribution in [0.1, 0.15) is 40.5 Å². The van der Waals surface area contributed by atoms with Gasteiger partial charge in [-0.05, 0) is 37.2 Å². The standard InChI is InChI=1S/C16H20N2S/c1-11-7-8-14-15(9-11)19-16(18-14)13(17)10-12-5-3-2-4-6-12/h2-6,11,13H,7-10,17H2,1H3. The Labute approximate surface area is 118 Å². The first-order valence-corrected chi connectivity index (χ1v) is 7.82. The van der Waals surface area contributed by atoms with E-state index in [2.05, 4.69) is 31.2 Å². The highest BCUT2D eigenvalue weighted by molar-refractivity contribution is 7.11. The minimum atomic E-state index is 0.0355. The maximum absolute atomic E-state index is 6.32. The number of benzene rings is 1. The highest BCUT2D eigenvalue weighted by Gasteiger charge is 2.21. The van der Waals surface area contributed by atoms with E-state index in [0.717, 1.165) is 23.8 Å². The molecule has 100 valence electrons. The molecule has 19 heavy (non-hydrogen) atoms. The Kier molecular flexibility index (Phi) is 3.67. The molecular weight excluding hydrogens is 252 g/mol. The average molecular weight is 272 g/mol. The van der Waals surface area contributed by atoms with Crippen LogP contribution in [0.15, 0.2) is 30.3 Å². The number of hydrogen-bond acceptors (Lipinski definition) is 3. The minimum Gasteiger partial charge on any atom is -0.322 e. The highest BCUT2D eigenvalue weighted by atomic mass is 32.1. The zero-order chi connectivity index (χ0) is 13.2. The number of rotatable bonds is 3. The van der Waals surface area contributed by atoms with Crippen molar-refractivity contribution in [3.63, 3.8) is 0 Å². The van der Waals surface area contributed by atoms with E-state index in [4.69, 9.17) is 10.7 Å². The van der Waals surface area contributed by atoms with Crippen LogP contribution < -0.4 is 5.73 Å². The number of aromatic nitrogens is 1. The monoisotopic (exact) mass is 272 g/mol. The molecule has 2 atom stereocenters. The molecule has 0 aliphatic heterocycles. The summed E-state index contributed by atoms with van der Waals surface area (Å²) in [5, 5.41) is 1.11. The summed E-state index contributed by atoms with van der Waals surface area (Å²) in [4.78, 5) is 6.24. The van der Waals surface area contributed by atoms with Crippen LogP contribution in [-0.4, -0.2) is 4.98 Å². The van der Waals surface area contributed by atoms with Crippen LogP contribution in [0.25, 0.3) is 0 Å². The van der Waals surface area contributed by atoms with Crippen molar-refractivity contribution in [2.24, 2.45) is 11.7 Å². The molecule has 2 nitrogen and oxygen atoms in total. The first-order valence-electron chi connectivity index (χ1n) is 7.00. The van der Waals surface area contributed by atoms with Gasteiger partial charge in [-0.15, -0.1) is 11.3 Å². The zero-order valence-corrected chi connectivity index (χ0v) is 12.1. The molecule has 1 aromatic carbocycles. The first kappa shape index (κ1) is 12.8. The first-order chi connectivity index (χ1) is 9.22. The molecule has 2 N–H and O–H groups in total. The van der Waals surface area contributed by atoms with Crippen molar-refractivity contribution in [1.82, 2.24) is 4.98 Å². The molecule has 3 rings (SSSR count). The molecule has 1 aliphatic carbocycles. The summed E-state index contributed by atoms with van der Waals surface area (Å²) in [5.74, 6) is 0.797. The average Bonchev–Trinajstić information content (AvgIpc) is 2.83. The van der Waals surface area contributed by atoms with Gasteiger partial charge >= 0.3 is 0 Å². The fraction of sp³-hybridized carbons (Fsp3) is 0.438. The van der Waals surface area contributed by atoms with Gasteiger partial charge in [-0.2, -0.15) is 0 Å². The van der Waals surface area contributed by atoms with Crippen LogP contribution >= 0.6 is 11.3 Å². The summed E-state index contributed by atoms with van der Waals surface area (Å²) in [6.07, 6.45) is 4.46. The number of hydrogen-bond donors (Lipinski definition) is 1. The molecule has 0 radical (unpaired) electrons. The Balaban J connectivity index is 1.75. The molecule has 0 saturated carbocycles. The molecule has 2 unspecified atom stereocenters. The lowest BCUT2D eigenvalue weighted by Gasteiger charge is -2.15. The number of nitrogens with zero attached hydrogens (tertiary/aromatic N) is 1. The Morgan fingerprint density at radius 2 is 2.16 bits per heavy atom. The van der Waals surface area contributed by atoms with E-state index < -0.39 is 0 Å². The van der Waals surface area contributed by atoms with E-state index in [9.17, 15) is 0 Å². The van der Waals surface area contributed by atoms with E-state index in [1.807, 2.05) is 17.4 Å². The van der Waals surface area contributed by atoms with Gasteiger partial charge in [-0.3, -0.25) is 0 Å². The van der Waals surface area contributed by atoms with E-state index in [1.54, 1.807) is 0 Å². The SMILES string of the molecule is CC1CCc2nc(C(N)Cc3ccccc3)sc2C1. The third-order valence-electron chi connectivity index (χ3n) is 3.82. The second kappa shape index (κ2) is 5.43. The highest BCUT2D eigenvalue weighted by Crippen LogP contribution is 2.32. The van der Waals surface area contributed by atoms with Gasteiger partial charge < -0.3 is 5.73 Å². The fourth-order valence-electron chi connectivity index (χ4n) is 2.67. The number of nitrogens with two attached hydrogens (primary N) is 1. The van der Waals surface area contributed by atoms with Gasteiger partial charge in [0.15, 0.2) is 0 Å². The lowest BCUT2D eigenvalue weighted by atomic mass is 9.93. The predicted octanol–water partition coefficient (Wildman–Crippen LogP) is 3.51. The van der Waals surface area contributed by atoms with E-state index in [1.165, 1.54) is 29.0 Å². The van der Waals surface area contributed by atoms with Crippen molar-refractivity contribution in [1.29, 1.82) is 0 Å². The molecule has 0 bridgehead atoms. The smallest absolute Gasteiger partial charge is 0.110 e. The molecule has 0 amide bonds. The van der Waals surface area contributed by atoms with Crippen molar-refractivity contribution in [3.05, 3.63) is 51.5 Å². The summed E-state index contributed by atoms with van der Waals surface area (Å²) in [6, 6.07) is 10.5. The van der Waals surface area contributed by atoms with Crippen LogP contribution in [0.2, 0.25) is 0 Å². The van der Waals surface area contributed by atoms with E-state index in [-0.39, 0.29) is 6.04 Å². The Morgan fingerprint density at radius 1 is 1.37 bits per heavy atom. The van der Waals surface area contributed by atoms with Crippen LogP contribution in [0.4, 0.5) is 0 Å². The molecule has 1 aliphatic rings. The molecule has 3 heteroatoms. The van der Waals surface area contributed by atoms with Gasteiger partial charge in [-0.1, -0.05) is 37.3 Å². The summed E-state index contributed by atoms with van der Waals surface area (Å²) < 4.78 is 0. The summed E-state index contributed by atoms with van der Waals surface area (Å²) in [6.45, 7) is 2.33. The van der Waals surface area contributed by atoms with Gasteiger partial charge in [0.25, 0.3) is 0 Å². The molecule has 2 aromatic rings. The van der Waals surface area contributed by atoms with Crippen molar-refractivity contribution in [3.8, 4) is 0 Å². The maximum atomic E-state index is 6.32. The molecule has 1 heterocycles. The van der Waals surface area contributed by atoms with Crippen molar-refractivity contribution >= 4 is 11.3 Å². The number of aryl methyl sites for hydroxylation is 1. The fourth-order valence-corrected chi connectivity index (χ4v) is 3.95. The Bertz CT molecular complexity index is 547. The van der Waals surface area contributed by atoms with Crippen molar-refractivity contribution in [2.45, 2.75) is 38.6 Å². The van der Waals surface area contributed by atoms with Crippen LogP contribution in [0.5, 0.6) is 0 Å². The van der Waals surface area contributed by atoms with Crippen LogP contribution in [0, 0.1) is 5.92 Å². The quantitative estimate of drug-likeness (QED) is 0.928. The van der Waals surface area contributed by atoms with Gasteiger partial charge in [-0.25, -0.2) is 4.98 Å². The third kappa shape index (κ3) is 2.88. The normalized spacial score (nSPS) is 20.0. The largest absolute Gasteiger partial charge is 0.322 e. The summed E-state index contributed by atoms with van der Waals surface area (Å²) >= 11 is 1.83. The Hall–Kier alpha value is -1.19. The Morgan fingerprint density at radius 3 is 2.95 bits per heavy atom. The van der Waals surface area contributed by atoms with Gasteiger partial charge in [0.05, 0.1) is 11.7 Å². The van der Waals surface area contributed by atoms with Crippen molar-refractivity contribution < 1.29 is 0 Å². The van der Waals surface area contributed by atoms with Gasteiger partial charge in [0, 0.05) is 4.88 Å². The molecule has 0 spiro atoms. The second-order valence-electron chi connectivity index (χ2n) is 5.57. The molecule has 1 aromatic heterocycles. The van der Waals surface area contributed by atoms with E-state index in [0.29, 0.717) is 0 Å². The predicted molar refractivity (Wildman–Crippen MR) is 80.4 cm³/mol. The third-order valence-corrected chi connectivity index (χ3v) is 5.07. The van der Waals surface area contributed by atoms with Crippen molar-refractivity contribution in [2.75, 3.05) is 0 Å². The second-order valence-corrected chi connectivity index (χ2v) is 6.68.